The van der Waals surface area contributed by atoms with E-state index in [1.807, 2.05) is 12.1 Å². The smallest absolute Gasteiger partial charge is 0.161 e. The molecule has 0 radical (unpaired) electrons. The van der Waals surface area contributed by atoms with Gasteiger partial charge in [-0.05, 0) is 51.7 Å². The van der Waals surface area contributed by atoms with Gasteiger partial charge in [-0.2, -0.15) is 0 Å². The normalized spacial score (nSPS) is 11.6. The van der Waals surface area contributed by atoms with E-state index in [2.05, 4.69) is 182 Å². The van der Waals surface area contributed by atoms with Gasteiger partial charge in [0.15, 0.2) is 5.82 Å². The van der Waals surface area contributed by atoms with Gasteiger partial charge in [0.25, 0.3) is 0 Å². The summed E-state index contributed by atoms with van der Waals surface area (Å²) in [6.07, 6.45) is 0. The summed E-state index contributed by atoms with van der Waals surface area (Å²) in [5.74, 6) is 0.690. The number of fused-ring (bicyclic) bond motifs is 6. The van der Waals surface area contributed by atoms with Gasteiger partial charge >= 0.3 is 0 Å². The molecule has 0 aliphatic carbocycles. The Bertz CT molecular complexity index is 3290. The van der Waals surface area contributed by atoms with E-state index in [1.54, 1.807) is 0 Å². The molecule has 8 aromatic carbocycles. The van der Waals surface area contributed by atoms with Crippen LogP contribution in [0, 0.1) is 0 Å². The molecule has 0 saturated heterocycles. The summed E-state index contributed by atoms with van der Waals surface area (Å²) in [6, 6.07) is 67.9. The summed E-state index contributed by atoms with van der Waals surface area (Å²) in [5, 5.41) is 6.46. The van der Waals surface area contributed by atoms with E-state index >= 15 is 0 Å². The number of benzene rings is 8. The first kappa shape index (κ1) is 31.9. The van der Waals surface area contributed by atoms with Crippen LogP contribution in [0.1, 0.15) is 0 Å². The fourth-order valence-electron chi connectivity index (χ4n) is 8.19. The van der Waals surface area contributed by atoms with Crippen molar-refractivity contribution in [2.24, 2.45) is 0 Å². The second-order valence-electron chi connectivity index (χ2n) is 14.2. The van der Waals surface area contributed by atoms with Crippen molar-refractivity contribution in [2.45, 2.75) is 0 Å². The molecule has 0 saturated carbocycles. The van der Waals surface area contributed by atoms with Crippen molar-refractivity contribution in [3.8, 4) is 56.2 Å². The average Bonchev–Trinajstić information content (AvgIpc) is 3.28. The third kappa shape index (κ3) is 5.31. The summed E-state index contributed by atoms with van der Waals surface area (Å²) in [5.41, 5.74) is 13.2. The van der Waals surface area contributed by atoms with E-state index in [9.17, 15) is 0 Å². The first-order valence-corrected chi connectivity index (χ1v) is 18.9. The molecule has 11 rings (SSSR count). The van der Waals surface area contributed by atoms with Gasteiger partial charge in [-0.15, -0.1) is 0 Å². The van der Waals surface area contributed by atoms with Gasteiger partial charge in [-0.3, -0.25) is 0 Å². The van der Waals surface area contributed by atoms with Crippen molar-refractivity contribution in [1.82, 2.24) is 19.9 Å². The van der Waals surface area contributed by atoms with Gasteiger partial charge in [0, 0.05) is 43.8 Å². The van der Waals surface area contributed by atoms with Crippen molar-refractivity contribution in [2.75, 3.05) is 0 Å². The molecular weight excluding hydrogens is 681 g/mol. The van der Waals surface area contributed by atoms with Crippen LogP contribution in [-0.2, 0) is 0 Å². The second kappa shape index (κ2) is 13.1. The maximum absolute atomic E-state index is 5.40. The first-order valence-electron chi connectivity index (χ1n) is 18.9. The van der Waals surface area contributed by atoms with E-state index in [-0.39, 0.29) is 0 Å². The molecule has 4 nitrogen and oxygen atoms in total. The van der Waals surface area contributed by atoms with E-state index in [4.69, 9.17) is 19.9 Å². The number of pyridine rings is 2. The molecule has 0 spiro atoms. The molecule has 0 N–H and O–H groups in total. The fraction of sp³-hybridized carbons (Fsp3) is 0. The van der Waals surface area contributed by atoms with Crippen molar-refractivity contribution in [3.63, 3.8) is 0 Å². The van der Waals surface area contributed by atoms with Crippen LogP contribution in [-0.4, -0.2) is 19.9 Å². The van der Waals surface area contributed by atoms with Crippen LogP contribution in [0.5, 0.6) is 0 Å². The predicted octanol–water partition coefficient (Wildman–Crippen LogP) is 13.4. The van der Waals surface area contributed by atoms with Crippen LogP contribution >= 0.6 is 0 Å². The van der Waals surface area contributed by atoms with Crippen LogP contribution in [0.2, 0.25) is 0 Å². The third-order valence-corrected chi connectivity index (χ3v) is 10.9. The lowest BCUT2D eigenvalue weighted by Gasteiger charge is -2.15. The molecule has 0 aliphatic heterocycles. The average molecular weight is 713 g/mol. The number of nitrogens with zero attached hydrogens (tertiary/aromatic N) is 4. The molecular formula is C52H32N4. The Morgan fingerprint density at radius 3 is 1.59 bits per heavy atom. The minimum atomic E-state index is 0.690. The molecule has 0 fully saturated rings. The topological polar surface area (TPSA) is 51.6 Å². The monoisotopic (exact) mass is 712 g/mol. The lowest BCUT2D eigenvalue weighted by Crippen LogP contribution is -1.97. The van der Waals surface area contributed by atoms with Crippen molar-refractivity contribution >= 4 is 54.4 Å². The van der Waals surface area contributed by atoms with Crippen LogP contribution < -0.4 is 0 Å². The number of rotatable bonds is 5. The van der Waals surface area contributed by atoms with Gasteiger partial charge in [0.2, 0.25) is 0 Å². The molecule has 56 heavy (non-hydrogen) atoms. The lowest BCUT2D eigenvalue weighted by atomic mass is 9.94. The largest absolute Gasteiger partial charge is 0.245 e. The molecule has 260 valence electrons. The zero-order chi connectivity index (χ0) is 37.0. The lowest BCUT2D eigenvalue weighted by molar-refractivity contribution is 1.23. The molecule has 0 atom stereocenters. The molecule has 0 unspecified atom stereocenters. The second-order valence-corrected chi connectivity index (χ2v) is 14.2. The van der Waals surface area contributed by atoms with Crippen molar-refractivity contribution in [3.05, 3.63) is 194 Å². The zero-order valence-corrected chi connectivity index (χ0v) is 30.3. The zero-order valence-electron chi connectivity index (χ0n) is 30.3. The van der Waals surface area contributed by atoms with E-state index < -0.39 is 0 Å². The predicted molar refractivity (Wildman–Crippen MR) is 232 cm³/mol. The third-order valence-electron chi connectivity index (χ3n) is 10.9. The Morgan fingerprint density at radius 2 is 0.839 bits per heavy atom. The van der Waals surface area contributed by atoms with Crippen LogP contribution in [0.25, 0.3) is 111 Å². The Morgan fingerprint density at radius 1 is 0.286 bits per heavy atom. The van der Waals surface area contributed by atoms with Gasteiger partial charge in [0.05, 0.1) is 33.5 Å². The summed E-state index contributed by atoms with van der Waals surface area (Å²) in [7, 11) is 0. The van der Waals surface area contributed by atoms with Gasteiger partial charge in [-0.25, -0.2) is 19.9 Å². The van der Waals surface area contributed by atoms with Gasteiger partial charge in [-0.1, -0.05) is 170 Å². The Hall–Kier alpha value is -7.56. The molecule has 0 bridgehead atoms. The first-order chi connectivity index (χ1) is 27.8. The number of hydrogen-bond acceptors (Lipinski definition) is 4. The molecule has 11 aromatic rings. The van der Waals surface area contributed by atoms with E-state index in [0.717, 1.165) is 88.0 Å². The fourth-order valence-corrected chi connectivity index (χ4v) is 8.19. The van der Waals surface area contributed by atoms with E-state index in [0.29, 0.717) is 5.82 Å². The van der Waals surface area contributed by atoms with Crippen molar-refractivity contribution in [1.29, 1.82) is 0 Å². The summed E-state index contributed by atoms with van der Waals surface area (Å²) >= 11 is 0. The number of para-hydroxylation sites is 2. The van der Waals surface area contributed by atoms with Crippen LogP contribution in [0.4, 0.5) is 0 Å². The van der Waals surface area contributed by atoms with Crippen LogP contribution in [0.15, 0.2) is 194 Å². The van der Waals surface area contributed by atoms with Crippen molar-refractivity contribution < 1.29 is 0 Å². The Labute approximate surface area is 323 Å². The highest BCUT2D eigenvalue weighted by molar-refractivity contribution is 6.16. The quantitative estimate of drug-likeness (QED) is 0.132. The minimum absolute atomic E-state index is 0.690. The molecule has 0 amide bonds. The molecule has 3 heterocycles. The summed E-state index contributed by atoms with van der Waals surface area (Å²) in [6.45, 7) is 0. The highest BCUT2D eigenvalue weighted by Gasteiger charge is 2.18. The highest BCUT2D eigenvalue weighted by atomic mass is 14.9. The summed E-state index contributed by atoms with van der Waals surface area (Å²) in [4.78, 5) is 21.1. The standard InChI is InChI=1S/C52H32N4/c1-3-13-33(14-4-1)34-23-25-36(26-24-34)49-43-20-10-12-22-46(43)55-52(56-49)41-31-30-40(38-17-7-8-18-39(38)41)47-32-28-37-27-29-44-48(35-15-5-2-6-16-35)42-19-9-11-21-45(42)54-51(44)50(37)53-47/h1-32H. The minimum Gasteiger partial charge on any atom is -0.245 e. The maximum Gasteiger partial charge on any atom is 0.161 e. The van der Waals surface area contributed by atoms with Gasteiger partial charge < -0.3 is 0 Å². The Balaban J connectivity index is 1.07. The SMILES string of the molecule is c1ccc(-c2ccc(-c3nc(-c4ccc(-c5ccc6ccc7c(-c8ccccc8)c8ccccc8nc7c6n5)c5ccccc45)nc4ccccc34)cc2)cc1. The van der Waals surface area contributed by atoms with E-state index in [1.165, 1.54) is 16.7 Å². The highest BCUT2D eigenvalue weighted by Crippen LogP contribution is 2.40. The molecule has 3 aromatic heterocycles. The molecule has 0 aliphatic rings. The number of hydrogen-bond donors (Lipinski definition) is 0. The van der Waals surface area contributed by atoms with Gasteiger partial charge in [0.1, 0.15) is 0 Å². The maximum atomic E-state index is 5.40. The van der Waals surface area contributed by atoms with Crippen LogP contribution in [0.3, 0.4) is 0 Å². The Kier molecular flexibility index (Phi) is 7.46. The number of aromatic nitrogens is 4. The molecule has 4 heteroatoms. The summed E-state index contributed by atoms with van der Waals surface area (Å²) < 4.78 is 0.